The van der Waals surface area contributed by atoms with Gasteiger partial charge in [-0.3, -0.25) is 0 Å². The molecule has 1 nitrogen and oxygen atoms in total. The Bertz CT molecular complexity index is 410. The van der Waals surface area contributed by atoms with E-state index in [0.717, 1.165) is 18.1 Å². The molecule has 3 unspecified atom stereocenters. The van der Waals surface area contributed by atoms with E-state index in [1.54, 1.807) is 7.11 Å². The maximum absolute atomic E-state index is 6.65. The van der Waals surface area contributed by atoms with Crippen molar-refractivity contribution in [1.82, 2.24) is 0 Å². The second-order valence-electron chi connectivity index (χ2n) is 6.49. The third-order valence-electron chi connectivity index (χ3n) is 4.80. The molecule has 2 rings (SSSR count). The number of hydrogen-bond donors (Lipinski definition) is 0. The van der Waals surface area contributed by atoms with Gasteiger partial charge < -0.3 is 4.74 Å². The lowest BCUT2D eigenvalue weighted by Crippen LogP contribution is -2.38. The fourth-order valence-corrected chi connectivity index (χ4v) is 4.10. The molecule has 0 spiro atoms. The summed E-state index contributed by atoms with van der Waals surface area (Å²) >= 11 is 6.65. The molecule has 0 aliphatic heterocycles. The van der Waals surface area contributed by atoms with Crippen molar-refractivity contribution in [2.75, 3.05) is 7.11 Å². The second-order valence-corrected chi connectivity index (χ2v) is 7.05. The van der Waals surface area contributed by atoms with Crippen molar-refractivity contribution in [2.45, 2.75) is 50.8 Å². The van der Waals surface area contributed by atoms with E-state index in [-0.39, 0.29) is 5.41 Å². The fourth-order valence-electron chi connectivity index (χ4n) is 3.36. The van der Waals surface area contributed by atoms with Crippen molar-refractivity contribution in [1.29, 1.82) is 0 Å². The average Bonchev–Trinajstić information content (AvgIpc) is 2.38. The Morgan fingerprint density at radius 3 is 2.32 bits per heavy atom. The van der Waals surface area contributed by atoms with Crippen LogP contribution in [0.15, 0.2) is 24.3 Å². The van der Waals surface area contributed by atoms with E-state index in [1.165, 1.54) is 18.4 Å². The SMILES string of the molecule is COc1ccc(C(C)(C)C2CCC(C)CC2Cl)cc1. The summed E-state index contributed by atoms with van der Waals surface area (Å²) in [5.74, 6) is 2.24. The maximum atomic E-state index is 6.65. The first-order chi connectivity index (χ1) is 8.95. The van der Waals surface area contributed by atoms with Gasteiger partial charge in [-0.15, -0.1) is 11.6 Å². The highest BCUT2D eigenvalue weighted by Gasteiger charge is 2.39. The zero-order valence-electron chi connectivity index (χ0n) is 12.4. The molecule has 1 aliphatic carbocycles. The minimum Gasteiger partial charge on any atom is -0.497 e. The van der Waals surface area contributed by atoms with Crippen LogP contribution in [-0.4, -0.2) is 12.5 Å². The van der Waals surface area contributed by atoms with Crippen molar-refractivity contribution in [3.05, 3.63) is 29.8 Å². The Kier molecular flexibility index (Phi) is 4.45. The molecule has 1 aromatic rings. The van der Waals surface area contributed by atoms with Gasteiger partial charge in [0, 0.05) is 5.38 Å². The molecule has 0 radical (unpaired) electrons. The van der Waals surface area contributed by atoms with Gasteiger partial charge in [-0.1, -0.05) is 39.3 Å². The lowest BCUT2D eigenvalue weighted by Gasteiger charge is -2.42. The molecule has 2 heteroatoms. The summed E-state index contributed by atoms with van der Waals surface area (Å²) in [6.07, 6.45) is 3.67. The van der Waals surface area contributed by atoms with Crippen LogP contribution in [0.25, 0.3) is 0 Å². The third kappa shape index (κ3) is 3.08. The van der Waals surface area contributed by atoms with Gasteiger partial charge in [-0.25, -0.2) is 0 Å². The summed E-state index contributed by atoms with van der Waals surface area (Å²) in [5.41, 5.74) is 1.48. The van der Waals surface area contributed by atoms with Gasteiger partial charge in [0.05, 0.1) is 7.11 Å². The molecule has 0 aromatic heterocycles. The van der Waals surface area contributed by atoms with Gasteiger partial charge in [-0.2, -0.15) is 0 Å². The van der Waals surface area contributed by atoms with Crippen LogP contribution in [0, 0.1) is 11.8 Å². The quantitative estimate of drug-likeness (QED) is 0.707. The first-order valence-electron chi connectivity index (χ1n) is 7.23. The van der Waals surface area contributed by atoms with Gasteiger partial charge in [-0.05, 0) is 47.8 Å². The van der Waals surface area contributed by atoms with Crippen LogP contribution in [0.4, 0.5) is 0 Å². The van der Waals surface area contributed by atoms with Crippen LogP contribution in [-0.2, 0) is 5.41 Å². The highest BCUT2D eigenvalue weighted by molar-refractivity contribution is 6.20. The lowest BCUT2D eigenvalue weighted by atomic mass is 9.66. The van der Waals surface area contributed by atoms with Crippen molar-refractivity contribution in [3.63, 3.8) is 0 Å². The van der Waals surface area contributed by atoms with E-state index in [2.05, 4.69) is 32.9 Å². The number of alkyl halides is 1. The predicted octanol–water partition coefficient (Wildman–Crippen LogP) is 5.02. The van der Waals surface area contributed by atoms with Gasteiger partial charge in [0.2, 0.25) is 0 Å². The molecular weight excluding hydrogens is 256 g/mol. The summed E-state index contributed by atoms with van der Waals surface area (Å²) < 4.78 is 5.24. The third-order valence-corrected chi connectivity index (χ3v) is 5.28. The Labute approximate surface area is 122 Å². The van der Waals surface area contributed by atoms with Crippen LogP contribution < -0.4 is 4.74 Å². The highest BCUT2D eigenvalue weighted by Crippen LogP contribution is 2.44. The number of rotatable bonds is 3. The topological polar surface area (TPSA) is 9.23 Å². The van der Waals surface area contributed by atoms with Gasteiger partial charge in [0.25, 0.3) is 0 Å². The van der Waals surface area contributed by atoms with Crippen molar-refractivity contribution < 1.29 is 4.74 Å². The fraction of sp³-hybridized carbons (Fsp3) is 0.647. The first-order valence-corrected chi connectivity index (χ1v) is 7.67. The van der Waals surface area contributed by atoms with Crippen LogP contribution in [0.5, 0.6) is 5.75 Å². The molecule has 0 bridgehead atoms. The van der Waals surface area contributed by atoms with E-state index in [1.807, 2.05) is 12.1 Å². The molecule has 1 fully saturated rings. The zero-order chi connectivity index (χ0) is 14.0. The lowest BCUT2D eigenvalue weighted by molar-refractivity contribution is 0.207. The Hall–Kier alpha value is -0.690. The summed E-state index contributed by atoms with van der Waals surface area (Å²) in [7, 11) is 1.71. The van der Waals surface area contributed by atoms with E-state index in [4.69, 9.17) is 16.3 Å². The van der Waals surface area contributed by atoms with Crippen molar-refractivity contribution in [2.24, 2.45) is 11.8 Å². The van der Waals surface area contributed by atoms with Crippen LogP contribution in [0.2, 0.25) is 0 Å². The van der Waals surface area contributed by atoms with Crippen LogP contribution in [0.1, 0.15) is 45.6 Å². The molecule has 1 aromatic carbocycles. The summed E-state index contributed by atoms with van der Waals surface area (Å²) in [5, 5.41) is 0.292. The molecule has 3 atom stereocenters. The number of hydrogen-bond acceptors (Lipinski definition) is 1. The van der Waals surface area contributed by atoms with E-state index < -0.39 is 0 Å². The minimum absolute atomic E-state index is 0.124. The van der Waals surface area contributed by atoms with Gasteiger partial charge in [0.1, 0.15) is 5.75 Å². The van der Waals surface area contributed by atoms with Crippen LogP contribution >= 0.6 is 11.6 Å². The highest BCUT2D eigenvalue weighted by atomic mass is 35.5. The summed E-state index contributed by atoms with van der Waals surface area (Å²) in [4.78, 5) is 0. The Morgan fingerprint density at radius 1 is 1.16 bits per heavy atom. The van der Waals surface area contributed by atoms with E-state index in [9.17, 15) is 0 Å². The maximum Gasteiger partial charge on any atom is 0.118 e. The first kappa shape index (κ1) is 14.7. The van der Waals surface area contributed by atoms with E-state index in [0.29, 0.717) is 11.3 Å². The molecule has 106 valence electrons. The summed E-state index contributed by atoms with van der Waals surface area (Å²) in [6.45, 7) is 6.96. The standard InChI is InChI=1S/C17H25ClO/c1-12-5-10-15(16(18)11-12)17(2,3)13-6-8-14(19-4)9-7-13/h6-9,12,15-16H,5,10-11H2,1-4H3. The molecule has 0 heterocycles. The largest absolute Gasteiger partial charge is 0.497 e. The monoisotopic (exact) mass is 280 g/mol. The van der Waals surface area contributed by atoms with E-state index >= 15 is 0 Å². The molecule has 0 amide bonds. The molecule has 1 aliphatic rings. The van der Waals surface area contributed by atoms with Crippen LogP contribution in [0.3, 0.4) is 0 Å². The molecule has 19 heavy (non-hydrogen) atoms. The number of benzene rings is 1. The minimum atomic E-state index is 0.124. The second kappa shape index (κ2) is 5.75. The zero-order valence-corrected chi connectivity index (χ0v) is 13.2. The average molecular weight is 281 g/mol. The normalized spacial score (nSPS) is 28.2. The molecule has 0 saturated heterocycles. The smallest absolute Gasteiger partial charge is 0.118 e. The number of halogens is 1. The number of methoxy groups -OCH3 is 1. The molecule has 1 saturated carbocycles. The Balaban J connectivity index is 2.20. The van der Waals surface area contributed by atoms with Crippen molar-refractivity contribution >= 4 is 11.6 Å². The van der Waals surface area contributed by atoms with Crippen molar-refractivity contribution in [3.8, 4) is 5.75 Å². The molecular formula is C17H25ClO. The number of ether oxygens (including phenoxy) is 1. The Morgan fingerprint density at radius 2 is 1.79 bits per heavy atom. The molecule has 0 N–H and O–H groups in total. The predicted molar refractivity (Wildman–Crippen MR) is 82.2 cm³/mol. The summed E-state index contributed by atoms with van der Waals surface area (Å²) in [6, 6.07) is 8.46. The van der Waals surface area contributed by atoms with Gasteiger partial charge >= 0.3 is 0 Å². The van der Waals surface area contributed by atoms with Gasteiger partial charge in [0.15, 0.2) is 0 Å².